The van der Waals surface area contributed by atoms with Gasteiger partial charge in [-0.1, -0.05) is 6.92 Å². The normalized spacial score (nSPS) is 11.5. The molecule has 0 bridgehead atoms. The Labute approximate surface area is 139 Å². The van der Waals surface area contributed by atoms with Gasteiger partial charge in [-0.3, -0.25) is 9.59 Å². The molecule has 0 fully saturated rings. The first-order valence-corrected chi connectivity index (χ1v) is 7.58. The molecule has 5 nitrogen and oxygen atoms in total. The fourth-order valence-electron chi connectivity index (χ4n) is 2.06. The largest absolute Gasteiger partial charge is 0.481 e. The molecule has 2 amide bonds. The van der Waals surface area contributed by atoms with E-state index in [1.807, 2.05) is 6.92 Å². The Balaban J connectivity index is 1.98. The van der Waals surface area contributed by atoms with Gasteiger partial charge in [0.05, 0.1) is 0 Å². The Morgan fingerprint density at radius 3 is 2.04 bits per heavy atom. The maximum atomic E-state index is 12.9. The zero-order chi connectivity index (χ0) is 17.5. The number of ether oxygens (including phenoxy) is 1. The summed E-state index contributed by atoms with van der Waals surface area (Å²) in [6, 6.07) is 12.3. The third kappa shape index (κ3) is 5.08. The Morgan fingerprint density at radius 1 is 1.00 bits per heavy atom. The Kier molecular flexibility index (Phi) is 5.89. The minimum atomic E-state index is -0.689. The summed E-state index contributed by atoms with van der Waals surface area (Å²) in [4.78, 5) is 23.3. The van der Waals surface area contributed by atoms with Crippen LogP contribution < -0.4 is 15.4 Å². The highest BCUT2D eigenvalue weighted by molar-refractivity contribution is 5.95. The van der Waals surface area contributed by atoms with Crippen molar-refractivity contribution in [3.8, 4) is 5.75 Å². The number of hydrogen-bond acceptors (Lipinski definition) is 3. The van der Waals surface area contributed by atoms with E-state index in [9.17, 15) is 14.0 Å². The molecule has 0 aliphatic heterocycles. The number of nitrogens with one attached hydrogen (secondary N) is 2. The monoisotopic (exact) mass is 330 g/mol. The highest BCUT2D eigenvalue weighted by atomic mass is 19.1. The standard InChI is InChI=1S/C18H19FN2O3/c1-3-17(24-16-10-4-13(19)5-11-16)18(23)21-15-8-6-14(7-9-15)20-12(2)22/h4-11,17H,3H2,1-2H3,(H,20,22)(H,21,23). The van der Waals surface area contributed by atoms with E-state index in [2.05, 4.69) is 10.6 Å². The van der Waals surface area contributed by atoms with Gasteiger partial charge >= 0.3 is 0 Å². The van der Waals surface area contributed by atoms with Crippen molar-refractivity contribution in [3.05, 3.63) is 54.3 Å². The molecule has 2 aromatic carbocycles. The van der Waals surface area contributed by atoms with E-state index >= 15 is 0 Å². The lowest BCUT2D eigenvalue weighted by molar-refractivity contribution is -0.122. The number of rotatable bonds is 6. The smallest absolute Gasteiger partial charge is 0.265 e. The summed E-state index contributed by atoms with van der Waals surface area (Å²) in [6.07, 6.45) is -0.224. The van der Waals surface area contributed by atoms with Crippen molar-refractivity contribution in [1.29, 1.82) is 0 Å². The molecule has 2 N–H and O–H groups in total. The quantitative estimate of drug-likeness (QED) is 0.851. The summed E-state index contributed by atoms with van der Waals surface area (Å²) in [7, 11) is 0. The minimum Gasteiger partial charge on any atom is -0.481 e. The average Bonchev–Trinajstić information content (AvgIpc) is 2.55. The fourth-order valence-corrected chi connectivity index (χ4v) is 2.06. The SMILES string of the molecule is CCC(Oc1ccc(F)cc1)C(=O)Nc1ccc(NC(C)=O)cc1. The van der Waals surface area contributed by atoms with Crippen LogP contribution in [0.1, 0.15) is 20.3 Å². The first kappa shape index (κ1) is 17.5. The van der Waals surface area contributed by atoms with Gasteiger partial charge in [0.2, 0.25) is 5.91 Å². The number of halogens is 1. The Hall–Kier alpha value is -2.89. The molecule has 0 saturated heterocycles. The van der Waals surface area contributed by atoms with Crippen LogP contribution in [0.3, 0.4) is 0 Å². The number of carbonyl (C=O) groups is 2. The van der Waals surface area contributed by atoms with E-state index < -0.39 is 6.10 Å². The first-order valence-electron chi connectivity index (χ1n) is 7.58. The molecule has 0 aliphatic carbocycles. The van der Waals surface area contributed by atoms with Crippen LogP contribution >= 0.6 is 0 Å². The predicted octanol–water partition coefficient (Wildman–Crippen LogP) is 3.58. The molecular formula is C18H19FN2O3. The lowest BCUT2D eigenvalue weighted by Crippen LogP contribution is -2.32. The van der Waals surface area contributed by atoms with Crippen LogP contribution in [0.2, 0.25) is 0 Å². The van der Waals surface area contributed by atoms with Gasteiger partial charge in [-0.15, -0.1) is 0 Å². The molecule has 0 spiro atoms. The van der Waals surface area contributed by atoms with Gasteiger partial charge in [0.15, 0.2) is 6.10 Å². The van der Waals surface area contributed by atoms with Gasteiger partial charge < -0.3 is 15.4 Å². The van der Waals surface area contributed by atoms with Crippen molar-refractivity contribution in [1.82, 2.24) is 0 Å². The summed E-state index contributed by atoms with van der Waals surface area (Å²) in [5, 5.41) is 5.40. The van der Waals surface area contributed by atoms with Crippen LogP contribution in [0, 0.1) is 5.82 Å². The summed E-state index contributed by atoms with van der Waals surface area (Å²) in [6.45, 7) is 3.25. The van der Waals surface area contributed by atoms with Crippen LogP contribution in [0.5, 0.6) is 5.75 Å². The molecule has 1 atom stereocenters. The van der Waals surface area contributed by atoms with Crippen molar-refractivity contribution in [3.63, 3.8) is 0 Å². The van der Waals surface area contributed by atoms with Gasteiger partial charge in [0, 0.05) is 18.3 Å². The molecule has 0 aromatic heterocycles. The van der Waals surface area contributed by atoms with E-state index in [1.54, 1.807) is 24.3 Å². The lowest BCUT2D eigenvalue weighted by Gasteiger charge is -2.17. The van der Waals surface area contributed by atoms with Gasteiger partial charge in [0.25, 0.3) is 5.91 Å². The molecule has 126 valence electrons. The molecule has 0 heterocycles. The van der Waals surface area contributed by atoms with Gasteiger partial charge in [-0.25, -0.2) is 4.39 Å². The van der Waals surface area contributed by atoms with Crippen molar-refractivity contribution in [2.75, 3.05) is 10.6 Å². The zero-order valence-corrected chi connectivity index (χ0v) is 13.5. The number of hydrogen-bond donors (Lipinski definition) is 2. The first-order chi connectivity index (χ1) is 11.5. The molecule has 24 heavy (non-hydrogen) atoms. The van der Waals surface area contributed by atoms with E-state index in [1.165, 1.54) is 31.2 Å². The summed E-state index contributed by atoms with van der Waals surface area (Å²) in [5.41, 5.74) is 1.24. The number of benzene rings is 2. The van der Waals surface area contributed by atoms with Crippen molar-refractivity contribution in [2.24, 2.45) is 0 Å². The maximum Gasteiger partial charge on any atom is 0.265 e. The lowest BCUT2D eigenvalue weighted by atomic mass is 10.2. The van der Waals surface area contributed by atoms with Crippen molar-refractivity contribution in [2.45, 2.75) is 26.4 Å². The van der Waals surface area contributed by atoms with Gasteiger partial charge in [-0.05, 0) is 55.0 Å². The molecule has 6 heteroatoms. The van der Waals surface area contributed by atoms with Crippen LogP contribution in [-0.4, -0.2) is 17.9 Å². The molecule has 0 aliphatic rings. The van der Waals surface area contributed by atoms with Crippen LogP contribution in [-0.2, 0) is 9.59 Å². The summed E-state index contributed by atoms with van der Waals surface area (Å²) >= 11 is 0. The molecule has 2 aromatic rings. The van der Waals surface area contributed by atoms with Crippen LogP contribution in [0.15, 0.2) is 48.5 Å². The third-order valence-corrected chi connectivity index (χ3v) is 3.23. The zero-order valence-electron chi connectivity index (χ0n) is 13.5. The number of carbonyl (C=O) groups excluding carboxylic acids is 2. The van der Waals surface area contributed by atoms with Gasteiger partial charge in [-0.2, -0.15) is 0 Å². The average molecular weight is 330 g/mol. The van der Waals surface area contributed by atoms with Crippen LogP contribution in [0.4, 0.5) is 15.8 Å². The van der Waals surface area contributed by atoms with E-state index in [0.29, 0.717) is 23.5 Å². The van der Waals surface area contributed by atoms with Crippen molar-refractivity contribution >= 4 is 23.2 Å². The molecule has 0 radical (unpaired) electrons. The molecular weight excluding hydrogens is 311 g/mol. The fraction of sp³-hybridized carbons (Fsp3) is 0.222. The molecule has 0 saturated carbocycles. The Bertz CT molecular complexity index is 699. The Morgan fingerprint density at radius 2 is 1.54 bits per heavy atom. The van der Waals surface area contributed by atoms with Gasteiger partial charge in [0.1, 0.15) is 11.6 Å². The third-order valence-electron chi connectivity index (χ3n) is 3.23. The maximum absolute atomic E-state index is 12.9. The number of amides is 2. The van der Waals surface area contributed by atoms with E-state index in [4.69, 9.17) is 4.74 Å². The number of anilines is 2. The predicted molar refractivity (Wildman–Crippen MR) is 90.5 cm³/mol. The minimum absolute atomic E-state index is 0.162. The second kappa shape index (κ2) is 8.10. The highest BCUT2D eigenvalue weighted by Gasteiger charge is 2.18. The van der Waals surface area contributed by atoms with E-state index in [-0.39, 0.29) is 17.6 Å². The van der Waals surface area contributed by atoms with Crippen molar-refractivity contribution < 1.29 is 18.7 Å². The van der Waals surface area contributed by atoms with Crippen LogP contribution in [0.25, 0.3) is 0 Å². The topological polar surface area (TPSA) is 67.4 Å². The molecule has 1 unspecified atom stereocenters. The molecule has 2 rings (SSSR count). The second-order valence-corrected chi connectivity index (χ2v) is 5.22. The highest BCUT2D eigenvalue weighted by Crippen LogP contribution is 2.17. The summed E-state index contributed by atoms with van der Waals surface area (Å²) < 4.78 is 18.5. The van der Waals surface area contributed by atoms with E-state index in [0.717, 1.165) is 0 Å². The second-order valence-electron chi connectivity index (χ2n) is 5.22. The summed E-state index contributed by atoms with van der Waals surface area (Å²) in [5.74, 6) is -0.391.